The number of nitrogens with zero attached hydrogens (tertiary/aromatic N) is 1. The summed E-state index contributed by atoms with van der Waals surface area (Å²) in [6, 6.07) is 14.0. The number of carbonyl (C=O) groups excluding carboxylic acids is 1. The third-order valence-corrected chi connectivity index (χ3v) is 2.48. The molecule has 1 aromatic heterocycles. The van der Waals surface area contributed by atoms with Gasteiger partial charge in [0.05, 0.1) is 0 Å². The molecule has 0 aliphatic carbocycles. The minimum Gasteiger partial charge on any atom is -0.292 e. The Morgan fingerprint density at radius 2 is 1.82 bits per heavy atom. The number of benzene rings is 1. The number of hydrogen-bond donors (Lipinski definition) is 0. The maximum atomic E-state index is 12.8. The van der Waals surface area contributed by atoms with Crippen molar-refractivity contribution in [3.05, 3.63) is 65.7 Å². The number of pyridine rings is 1. The molecule has 0 aliphatic heterocycles. The van der Waals surface area contributed by atoms with Gasteiger partial charge in [-0.1, -0.05) is 36.4 Å². The van der Waals surface area contributed by atoms with Crippen LogP contribution in [0.5, 0.6) is 0 Å². The summed E-state index contributed by atoms with van der Waals surface area (Å²) in [4.78, 5) is 15.3. The molecule has 17 heavy (non-hydrogen) atoms. The van der Waals surface area contributed by atoms with E-state index >= 15 is 0 Å². The molecule has 1 heterocycles. The smallest absolute Gasteiger partial charge is 0.213 e. The number of ketones is 1. The van der Waals surface area contributed by atoms with Crippen LogP contribution in [0.15, 0.2) is 48.5 Å². The van der Waals surface area contributed by atoms with Crippen LogP contribution in [0, 0.1) is 5.95 Å². The molecule has 0 aliphatic rings. The van der Waals surface area contributed by atoms with E-state index < -0.39 is 5.95 Å². The summed E-state index contributed by atoms with van der Waals surface area (Å²) in [5.74, 6) is -0.746. The minimum atomic E-state index is -0.615. The second kappa shape index (κ2) is 5.34. The van der Waals surface area contributed by atoms with Gasteiger partial charge in [-0.15, -0.1) is 0 Å². The Kier molecular flexibility index (Phi) is 3.60. The summed E-state index contributed by atoms with van der Waals surface area (Å²) in [5, 5.41) is 0. The quantitative estimate of drug-likeness (QED) is 0.594. The van der Waals surface area contributed by atoms with Crippen molar-refractivity contribution >= 4 is 5.78 Å². The van der Waals surface area contributed by atoms with Crippen molar-refractivity contribution in [3.63, 3.8) is 0 Å². The summed E-state index contributed by atoms with van der Waals surface area (Å²) < 4.78 is 12.8. The largest absolute Gasteiger partial charge is 0.292 e. The van der Waals surface area contributed by atoms with Gasteiger partial charge in [0, 0.05) is 6.42 Å². The molecule has 0 bridgehead atoms. The van der Waals surface area contributed by atoms with Gasteiger partial charge in [0.1, 0.15) is 5.69 Å². The Labute approximate surface area is 99.1 Å². The standard InChI is InChI=1S/C14H12FNO/c15-14-8-4-7-12(16-14)13(17)10-9-11-5-2-1-3-6-11/h1-8H,9-10H2/i15-1. The fourth-order valence-corrected chi connectivity index (χ4v) is 1.59. The highest BCUT2D eigenvalue weighted by molar-refractivity contribution is 5.94. The van der Waals surface area contributed by atoms with Gasteiger partial charge in [-0.2, -0.15) is 4.39 Å². The van der Waals surface area contributed by atoms with E-state index in [4.69, 9.17) is 0 Å². The van der Waals surface area contributed by atoms with Gasteiger partial charge in [-0.05, 0) is 24.1 Å². The summed E-state index contributed by atoms with van der Waals surface area (Å²) >= 11 is 0. The lowest BCUT2D eigenvalue weighted by molar-refractivity contribution is 0.0977. The minimum absolute atomic E-state index is 0.131. The third kappa shape index (κ3) is 3.21. The zero-order valence-electron chi connectivity index (χ0n) is 9.27. The molecular weight excluding hydrogens is 216 g/mol. The van der Waals surface area contributed by atoms with Crippen LogP contribution in [-0.2, 0) is 6.42 Å². The van der Waals surface area contributed by atoms with E-state index in [-0.39, 0.29) is 11.5 Å². The Morgan fingerprint density at radius 3 is 2.53 bits per heavy atom. The highest BCUT2D eigenvalue weighted by Crippen LogP contribution is 2.07. The van der Waals surface area contributed by atoms with Crippen molar-refractivity contribution in [2.24, 2.45) is 0 Å². The van der Waals surface area contributed by atoms with Gasteiger partial charge in [0.2, 0.25) is 5.95 Å². The number of Topliss-reactive ketones (excluding diaryl/α,β-unsaturated/α-hetero) is 1. The molecule has 1 aromatic carbocycles. The normalized spacial score (nSPS) is 10.2. The van der Waals surface area contributed by atoms with Gasteiger partial charge in [-0.25, -0.2) is 4.98 Å². The van der Waals surface area contributed by atoms with E-state index in [1.165, 1.54) is 18.2 Å². The second-order valence-corrected chi connectivity index (χ2v) is 3.75. The first kappa shape index (κ1) is 11.5. The van der Waals surface area contributed by atoms with Crippen molar-refractivity contribution in [1.82, 2.24) is 4.98 Å². The summed E-state index contributed by atoms with van der Waals surface area (Å²) in [6.45, 7) is 0. The number of aryl methyl sites for hydroxylation is 1. The fraction of sp³-hybridized carbons (Fsp3) is 0.143. The van der Waals surface area contributed by atoms with Gasteiger partial charge in [-0.3, -0.25) is 4.79 Å². The van der Waals surface area contributed by atoms with Crippen LogP contribution in [0.2, 0.25) is 0 Å². The lowest BCUT2D eigenvalue weighted by atomic mass is 10.1. The van der Waals surface area contributed by atoms with Crippen LogP contribution < -0.4 is 0 Å². The molecule has 0 unspecified atom stereocenters. The van der Waals surface area contributed by atoms with Gasteiger partial charge in [0.25, 0.3) is 0 Å². The molecule has 0 saturated heterocycles. The number of aromatic nitrogens is 1. The molecule has 2 nitrogen and oxygen atoms in total. The Bertz CT molecular complexity index is 511. The van der Waals surface area contributed by atoms with Crippen molar-refractivity contribution in [2.45, 2.75) is 12.8 Å². The lowest BCUT2D eigenvalue weighted by Crippen LogP contribution is -2.04. The molecule has 0 amide bonds. The van der Waals surface area contributed by atoms with Crippen molar-refractivity contribution in [3.8, 4) is 0 Å². The second-order valence-electron chi connectivity index (χ2n) is 3.75. The molecule has 0 saturated carbocycles. The average molecular weight is 228 g/mol. The number of hydrogen-bond acceptors (Lipinski definition) is 2. The summed E-state index contributed by atoms with van der Waals surface area (Å²) in [7, 11) is 0. The molecule has 0 radical (unpaired) electrons. The zero-order chi connectivity index (χ0) is 12.1. The third-order valence-electron chi connectivity index (χ3n) is 2.48. The van der Waals surface area contributed by atoms with Crippen molar-refractivity contribution < 1.29 is 9.18 Å². The van der Waals surface area contributed by atoms with E-state index in [1.54, 1.807) is 0 Å². The van der Waals surface area contributed by atoms with Crippen LogP contribution in [0.25, 0.3) is 0 Å². The van der Waals surface area contributed by atoms with Crippen LogP contribution in [0.4, 0.5) is 4.39 Å². The first-order valence-corrected chi connectivity index (χ1v) is 5.45. The predicted octanol–water partition coefficient (Wildman–Crippen LogP) is 3.04. The van der Waals surface area contributed by atoms with Crippen molar-refractivity contribution in [2.75, 3.05) is 0 Å². The van der Waals surface area contributed by atoms with E-state index in [1.807, 2.05) is 30.3 Å². The van der Waals surface area contributed by atoms with E-state index in [2.05, 4.69) is 4.98 Å². The van der Waals surface area contributed by atoms with Gasteiger partial charge < -0.3 is 0 Å². The summed E-state index contributed by atoms with van der Waals surface area (Å²) in [5.41, 5.74) is 1.29. The maximum absolute atomic E-state index is 12.8. The average Bonchev–Trinajstić information content (AvgIpc) is 2.37. The summed E-state index contributed by atoms with van der Waals surface area (Å²) in [6.07, 6.45) is 0.998. The number of rotatable bonds is 4. The molecule has 0 atom stereocenters. The molecule has 0 fully saturated rings. The Balaban J connectivity index is 1.98. The van der Waals surface area contributed by atoms with Crippen LogP contribution in [-0.4, -0.2) is 10.8 Å². The number of carbonyl (C=O) groups is 1. The van der Waals surface area contributed by atoms with E-state index in [0.717, 1.165) is 5.56 Å². The van der Waals surface area contributed by atoms with E-state index in [9.17, 15) is 9.18 Å². The first-order chi connectivity index (χ1) is 8.25. The maximum Gasteiger partial charge on any atom is 0.213 e. The topological polar surface area (TPSA) is 30.0 Å². The molecule has 86 valence electrons. The van der Waals surface area contributed by atoms with Crippen LogP contribution in [0.1, 0.15) is 22.5 Å². The molecule has 3 heteroatoms. The first-order valence-electron chi connectivity index (χ1n) is 5.45. The van der Waals surface area contributed by atoms with Crippen LogP contribution >= 0.6 is 0 Å². The van der Waals surface area contributed by atoms with E-state index in [0.29, 0.717) is 12.8 Å². The molecule has 2 rings (SSSR count). The molecule has 2 aromatic rings. The SMILES string of the molecule is O=C(CCc1ccccc1)c1cccc([18F])n1. The number of halogens is 1. The predicted molar refractivity (Wildman–Crippen MR) is 63.3 cm³/mol. The Morgan fingerprint density at radius 1 is 1.06 bits per heavy atom. The highest BCUT2D eigenvalue weighted by atomic mass is 18.2. The Hall–Kier alpha value is -2.03. The van der Waals surface area contributed by atoms with Crippen molar-refractivity contribution in [1.29, 1.82) is 0 Å². The molecule has 0 spiro atoms. The lowest BCUT2D eigenvalue weighted by Gasteiger charge is -2.01. The van der Waals surface area contributed by atoms with Crippen LogP contribution in [0.3, 0.4) is 0 Å². The monoisotopic (exact) mass is 228 g/mol. The van der Waals surface area contributed by atoms with Gasteiger partial charge in [0.15, 0.2) is 5.78 Å². The fourth-order valence-electron chi connectivity index (χ4n) is 1.59. The molecule has 0 N–H and O–H groups in total. The van der Waals surface area contributed by atoms with Gasteiger partial charge >= 0.3 is 0 Å². The highest BCUT2D eigenvalue weighted by Gasteiger charge is 2.08. The zero-order valence-corrected chi connectivity index (χ0v) is 9.27. The molecular formula is C14H12FNO.